The summed E-state index contributed by atoms with van der Waals surface area (Å²) >= 11 is 6.74. The fraction of sp³-hybridized carbons (Fsp3) is 0.0588. The Hall–Kier alpha value is -2.11. The van der Waals surface area contributed by atoms with Crippen LogP contribution in [-0.4, -0.2) is 4.57 Å². The number of nitrogens with zero attached hydrogens (tertiary/aromatic N) is 1. The summed E-state index contributed by atoms with van der Waals surface area (Å²) in [6.07, 6.45) is 0. The highest BCUT2D eigenvalue weighted by Crippen LogP contribution is 2.24. The average Bonchev–Trinajstić information content (AvgIpc) is 2.49. The highest BCUT2D eigenvalue weighted by atomic mass is 32.1. The van der Waals surface area contributed by atoms with Gasteiger partial charge >= 0.3 is 0 Å². The topological polar surface area (TPSA) is 22.0 Å². The Labute approximate surface area is 136 Å². The second kappa shape index (κ2) is 5.94. The Kier molecular flexibility index (Phi) is 4.00. The lowest BCUT2D eigenvalue weighted by molar-refractivity contribution is 0.628. The van der Waals surface area contributed by atoms with Gasteiger partial charge in [-0.25, -0.2) is 4.39 Å². The van der Waals surface area contributed by atoms with Gasteiger partial charge in [0.1, 0.15) is 5.82 Å². The van der Waals surface area contributed by atoms with Crippen molar-refractivity contribution in [3.63, 3.8) is 0 Å². The van der Waals surface area contributed by atoms with Crippen molar-refractivity contribution in [2.75, 3.05) is 0 Å². The minimum absolute atomic E-state index is 0.183. The molecule has 0 saturated heterocycles. The molecule has 5 heteroatoms. The van der Waals surface area contributed by atoms with Gasteiger partial charge in [0.05, 0.1) is 5.69 Å². The second-order valence-electron chi connectivity index (χ2n) is 4.84. The highest BCUT2D eigenvalue weighted by molar-refractivity contribution is 7.73. The first-order valence-electron chi connectivity index (χ1n) is 6.65. The molecule has 0 fully saturated rings. The van der Waals surface area contributed by atoms with Crippen molar-refractivity contribution in [3.8, 4) is 16.1 Å². The predicted molar refractivity (Wildman–Crippen MR) is 90.9 cm³/mol. The fourth-order valence-corrected chi connectivity index (χ4v) is 3.56. The van der Waals surface area contributed by atoms with E-state index in [1.165, 1.54) is 28.0 Å². The monoisotopic (exact) mass is 329 g/mol. The standard InChI is InChI=1S/C17H12FNOS2/c1-11-4-2-3-5-14(11)19-16(20)10-15(22-17(19)21)12-6-8-13(18)9-7-12/h2-10H,1H3. The van der Waals surface area contributed by atoms with Gasteiger partial charge in [-0.05, 0) is 48.5 Å². The van der Waals surface area contributed by atoms with E-state index in [4.69, 9.17) is 12.2 Å². The van der Waals surface area contributed by atoms with Gasteiger partial charge in [-0.3, -0.25) is 9.36 Å². The molecule has 0 aliphatic carbocycles. The lowest BCUT2D eigenvalue weighted by Gasteiger charge is -2.09. The molecule has 1 heterocycles. The van der Waals surface area contributed by atoms with E-state index in [1.807, 2.05) is 31.2 Å². The summed E-state index contributed by atoms with van der Waals surface area (Å²) in [7, 11) is 0. The lowest BCUT2D eigenvalue weighted by atomic mass is 10.2. The van der Waals surface area contributed by atoms with Gasteiger partial charge < -0.3 is 0 Å². The van der Waals surface area contributed by atoms with E-state index in [2.05, 4.69) is 0 Å². The Balaban J connectivity index is 2.18. The summed E-state index contributed by atoms with van der Waals surface area (Å²) in [5.41, 5.74) is 2.38. The van der Waals surface area contributed by atoms with Crippen molar-refractivity contribution in [3.05, 3.63) is 80.3 Å². The molecule has 0 aliphatic heterocycles. The summed E-state index contributed by atoms with van der Waals surface area (Å²) in [5.74, 6) is -0.305. The van der Waals surface area contributed by atoms with Crippen LogP contribution in [0, 0.1) is 16.7 Å². The zero-order valence-corrected chi connectivity index (χ0v) is 13.4. The normalized spacial score (nSPS) is 10.6. The van der Waals surface area contributed by atoms with Crippen LogP contribution in [0.4, 0.5) is 4.39 Å². The number of benzene rings is 2. The molecule has 110 valence electrons. The number of aromatic nitrogens is 1. The second-order valence-corrected chi connectivity index (χ2v) is 6.52. The van der Waals surface area contributed by atoms with Crippen LogP contribution in [0.2, 0.25) is 0 Å². The van der Waals surface area contributed by atoms with Gasteiger partial charge in [0.25, 0.3) is 5.56 Å². The van der Waals surface area contributed by atoms with Crippen LogP contribution >= 0.6 is 23.6 Å². The Bertz CT molecular complexity index is 911. The molecule has 1 aromatic heterocycles. The highest BCUT2D eigenvalue weighted by Gasteiger charge is 2.08. The third kappa shape index (κ3) is 2.77. The zero-order chi connectivity index (χ0) is 15.7. The van der Waals surface area contributed by atoms with E-state index in [-0.39, 0.29) is 11.4 Å². The first-order chi connectivity index (χ1) is 10.6. The summed E-state index contributed by atoms with van der Waals surface area (Å²) < 4.78 is 15.0. The molecule has 2 aromatic carbocycles. The Morgan fingerprint density at radius 1 is 1.09 bits per heavy atom. The quantitative estimate of drug-likeness (QED) is 0.633. The van der Waals surface area contributed by atoms with E-state index in [0.717, 1.165) is 21.7 Å². The van der Waals surface area contributed by atoms with E-state index >= 15 is 0 Å². The Morgan fingerprint density at radius 2 is 1.77 bits per heavy atom. The number of rotatable bonds is 2. The molecule has 0 atom stereocenters. The largest absolute Gasteiger partial charge is 0.269 e. The van der Waals surface area contributed by atoms with E-state index in [9.17, 15) is 9.18 Å². The first kappa shape index (κ1) is 14.8. The maximum atomic E-state index is 13.0. The third-order valence-corrected chi connectivity index (χ3v) is 4.70. The maximum absolute atomic E-state index is 13.0. The van der Waals surface area contributed by atoms with Crippen molar-refractivity contribution in [2.45, 2.75) is 6.92 Å². The van der Waals surface area contributed by atoms with Crippen LogP contribution in [-0.2, 0) is 0 Å². The van der Waals surface area contributed by atoms with Crippen molar-refractivity contribution in [1.29, 1.82) is 0 Å². The molecule has 0 N–H and O–H groups in total. The van der Waals surface area contributed by atoms with Gasteiger partial charge in [0.15, 0.2) is 3.95 Å². The number of para-hydroxylation sites is 1. The molecule has 2 nitrogen and oxygen atoms in total. The lowest BCUT2D eigenvalue weighted by Crippen LogP contribution is -2.18. The molecular weight excluding hydrogens is 317 g/mol. The van der Waals surface area contributed by atoms with Crippen LogP contribution in [0.5, 0.6) is 0 Å². The molecule has 3 rings (SSSR count). The molecule has 0 saturated carbocycles. The number of hydrogen-bond donors (Lipinski definition) is 0. The van der Waals surface area contributed by atoms with E-state index in [0.29, 0.717) is 3.95 Å². The first-order valence-corrected chi connectivity index (χ1v) is 7.88. The summed E-state index contributed by atoms with van der Waals surface area (Å²) in [4.78, 5) is 13.2. The van der Waals surface area contributed by atoms with Gasteiger partial charge in [0.2, 0.25) is 0 Å². The summed E-state index contributed by atoms with van der Waals surface area (Å²) in [5, 5.41) is 0. The summed E-state index contributed by atoms with van der Waals surface area (Å²) in [6.45, 7) is 1.94. The molecule has 22 heavy (non-hydrogen) atoms. The van der Waals surface area contributed by atoms with Crippen molar-refractivity contribution in [2.24, 2.45) is 0 Å². The van der Waals surface area contributed by atoms with Gasteiger partial charge in [-0.1, -0.05) is 30.3 Å². The van der Waals surface area contributed by atoms with Gasteiger partial charge in [0, 0.05) is 10.9 Å². The van der Waals surface area contributed by atoms with Crippen LogP contribution in [0.25, 0.3) is 16.1 Å². The SMILES string of the molecule is Cc1ccccc1-n1c(=O)cc(-c2ccc(F)cc2)sc1=S. The van der Waals surface area contributed by atoms with E-state index in [1.54, 1.807) is 18.2 Å². The molecular formula is C17H12FNOS2. The minimum atomic E-state index is -0.305. The van der Waals surface area contributed by atoms with Crippen LogP contribution in [0.1, 0.15) is 5.56 Å². The molecule has 0 spiro atoms. The van der Waals surface area contributed by atoms with Gasteiger partial charge in [-0.15, -0.1) is 11.3 Å². The van der Waals surface area contributed by atoms with E-state index < -0.39 is 0 Å². The fourth-order valence-electron chi connectivity index (χ4n) is 2.22. The maximum Gasteiger partial charge on any atom is 0.258 e. The average molecular weight is 329 g/mol. The third-order valence-electron chi connectivity index (χ3n) is 3.34. The van der Waals surface area contributed by atoms with Crippen LogP contribution in [0.15, 0.2) is 59.4 Å². The predicted octanol–water partition coefficient (Wildman–Crippen LogP) is 4.74. The molecule has 0 bridgehead atoms. The smallest absolute Gasteiger partial charge is 0.258 e. The van der Waals surface area contributed by atoms with Crippen molar-refractivity contribution in [1.82, 2.24) is 4.57 Å². The summed E-state index contributed by atoms with van der Waals surface area (Å²) in [6, 6.07) is 15.2. The zero-order valence-electron chi connectivity index (χ0n) is 11.7. The number of hydrogen-bond acceptors (Lipinski definition) is 3. The van der Waals surface area contributed by atoms with Crippen molar-refractivity contribution >= 4 is 23.6 Å². The molecule has 3 aromatic rings. The van der Waals surface area contributed by atoms with Crippen molar-refractivity contribution < 1.29 is 4.39 Å². The van der Waals surface area contributed by atoms with Crippen LogP contribution < -0.4 is 5.56 Å². The molecule has 0 amide bonds. The molecule has 0 aliphatic rings. The van der Waals surface area contributed by atoms with Crippen LogP contribution in [0.3, 0.4) is 0 Å². The Morgan fingerprint density at radius 3 is 2.41 bits per heavy atom. The molecule has 0 radical (unpaired) electrons. The number of aryl methyl sites for hydroxylation is 1. The number of halogens is 1. The van der Waals surface area contributed by atoms with Gasteiger partial charge in [-0.2, -0.15) is 0 Å². The minimum Gasteiger partial charge on any atom is -0.269 e. The molecule has 0 unspecified atom stereocenters.